The summed E-state index contributed by atoms with van der Waals surface area (Å²) in [7, 11) is 0. The van der Waals surface area contributed by atoms with Crippen molar-refractivity contribution in [2.45, 2.75) is 59.3 Å². The Morgan fingerprint density at radius 3 is 2.11 bits per heavy atom. The Balaban J connectivity index is 1.94. The molecule has 28 heavy (non-hydrogen) atoms. The smallest absolute Gasteiger partial charge is 0.161 e. The highest BCUT2D eigenvalue weighted by atomic mass is 79.9. The zero-order valence-corrected chi connectivity index (χ0v) is 19.9. The minimum Gasteiger partial charge on any atom is -0.299 e. The van der Waals surface area contributed by atoms with Gasteiger partial charge in [-0.3, -0.25) is 14.6 Å². The van der Waals surface area contributed by atoms with Crippen LogP contribution >= 0.6 is 31.9 Å². The number of nitrogens with zero attached hydrogens (tertiary/aromatic N) is 1. The van der Waals surface area contributed by atoms with Gasteiger partial charge in [0.25, 0.3) is 0 Å². The molecule has 3 nitrogen and oxygen atoms in total. The average Bonchev–Trinajstić information content (AvgIpc) is 2.49. The van der Waals surface area contributed by atoms with E-state index in [4.69, 9.17) is 4.99 Å². The monoisotopic (exact) mass is 505 g/mol. The van der Waals surface area contributed by atoms with Crippen LogP contribution in [0.1, 0.15) is 64.9 Å². The first-order valence-corrected chi connectivity index (χ1v) is 11.4. The Kier molecular flexibility index (Phi) is 4.86. The van der Waals surface area contributed by atoms with Crippen LogP contribution in [-0.2, 0) is 9.59 Å². The Bertz CT molecular complexity index is 935. The van der Waals surface area contributed by atoms with Gasteiger partial charge in [-0.2, -0.15) is 0 Å². The molecule has 1 aromatic carbocycles. The molecule has 1 aliphatic heterocycles. The maximum Gasteiger partial charge on any atom is 0.161 e. The van der Waals surface area contributed by atoms with Gasteiger partial charge in [-0.05, 0) is 47.4 Å². The Hall–Kier alpha value is -1.07. The molecule has 0 N–H and O–H groups in total. The van der Waals surface area contributed by atoms with Crippen molar-refractivity contribution in [2.24, 2.45) is 21.7 Å². The maximum atomic E-state index is 13.3. The number of aliphatic imine (C=N–C) groups is 1. The number of carbonyl (C=O) groups excluding carboxylic acids is 2. The number of Topliss-reactive ketones (excluding diaryl/α,β-unsaturated/α-hetero) is 2. The molecule has 1 aromatic rings. The highest BCUT2D eigenvalue weighted by Crippen LogP contribution is 2.51. The highest BCUT2D eigenvalue weighted by Gasteiger charge is 2.49. The molecule has 2 unspecified atom stereocenters. The summed E-state index contributed by atoms with van der Waals surface area (Å²) in [6.07, 6.45) is 2.63. The van der Waals surface area contributed by atoms with E-state index in [0.29, 0.717) is 12.8 Å². The largest absolute Gasteiger partial charge is 0.299 e. The van der Waals surface area contributed by atoms with Gasteiger partial charge in [-0.1, -0.05) is 59.6 Å². The van der Waals surface area contributed by atoms with Gasteiger partial charge in [-0.15, -0.1) is 0 Å². The molecule has 0 amide bonds. The number of allylic oxidation sites excluding steroid dienone is 2. The van der Waals surface area contributed by atoms with E-state index in [1.165, 1.54) is 0 Å². The first-order chi connectivity index (χ1) is 13.0. The second-order valence-electron chi connectivity index (χ2n) is 10.0. The molecule has 2 aliphatic carbocycles. The Morgan fingerprint density at radius 1 is 0.857 bits per heavy atom. The van der Waals surface area contributed by atoms with Gasteiger partial charge in [0.15, 0.2) is 5.78 Å². The van der Waals surface area contributed by atoms with Crippen molar-refractivity contribution in [2.75, 3.05) is 0 Å². The van der Waals surface area contributed by atoms with Crippen LogP contribution < -0.4 is 0 Å². The topological polar surface area (TPSA) is 46.5 Å². The first-order valence-electron chi connectivity index (χ1n) is 9.78. The van der Waals surface area contributed by atoms with Crippen LogP contribution in [-0.4, -0.2) is 17.3 Å². The molecular formula is C23H25Br2NO2. The molecule has 4 rings (SSSR count). The summed E-state index contributed by atoms with van der Waals surface area (Å²) in [6.45, 7) is 8.52. The lowest BCUT2D eigenvalue weighted by Gasteiger charge is -2.44. The summed E-state index contributed by atoms with van der Waals surface area (Å²) >= 11 is 7.15. The van der Waals surface area contributed by atoms with Crippen LogP contribution in [0.4, 0.5) is 0 Å². The summed E-state index contributed by atoms with van der Waals surface area (Å²) in [5, 5.41) is 0. The maximum absolute atomic E-state index is 13.3. The zero-order valence-electron chi connectivity index (χ0n) is 16.7. The second kappa shape index (κ2) is 6.73. The van der Waals surface area contributed by atoms with Gasteiger partial charge in [0.1, 0.15) is 5.78 Å². The molecule has 2 atom stereocenters. The van der Waals surface area contributed by atoms with Gasteiger partial charge < -0.3 is 0 Å². The third-order valence-electron chi connectivity index (χ3n) is 6.08. The zero-order chi connectivity index (χ0) is 20.4. The van der Waals surface area contributed by atoms with E-state index in [1.807, 2.05) is 18.2 Å². The number of ketones is 2. The van der Waals surface area contributed by atoms with Crippen LogP contribution in [0.3, 0.4) is 0 Å². The van der Waals surface area contributed by atoms with E-state index in [0.717, 1.165) is 44.3 Å². The van der Waals surface area contributed by atoms with E-state index < -0.39 is 0 Å². The lowest BCUT2D eigenvalue weighted by atomic mass is 9.60. The van der Waals surface area contributed by atoms with Crippen LogP contribution in [0.5, 0.6) is 0 Å². The van der Waals surface area contributed by atoms with E-state index in [-0.39, 0.29) is 34.2 Å². The van der Waals surface area contributed by atoms with E-state index >= 15 is 0 Å². The molecule has 0 bridgehead atoms. The quantitative estimate of drug-likeness (QED) is 0.442. The molecule has 0 radical (unpaired) electrons. The predicted octanol–water partition coefficient (Wildman–Crippen LogP) is 6.40. The third-order valence-corrected chi connectivity index (χ3v) is 7.00. The fourth-order valence-electron chi connectivity index (χ4n) is 5.13. The molecule has 3 aliphatic rings. The van der Waals surface area contributed by atoms with E-state index in [9.17, 15) is 9.59 Å². The van der Waals surface area contributed by atoms with E-state index in [2.05, 4.69) is 59.6 Å². The molecule has 0 aromatic heterocycles. The van der Waals surface area contributed by atoms with Crippen LogP contribution in [0, 0.1) is 16.7 Å². The number of carbonyl (C=O) groups is 2. The molecule has 0 spiro atoms. The molecule has 0 saturated heterocycles. The Labute approximate surface area is 183 Å². The van der Waals surface area contributed by atoms with Crippen LogP contribution in [0.25, 0.3) is 0 Å². The minimum absolute atomic E-state index is 0.0823. The lowest BCUT2D eigenvalue weighted by molar-refractivity contribution is -0.124. The number of halogens is 2. The minimum atomic E-state index is -0.321. The van der Waals surface area contributed by atoms with Crippen molar-refractivity contribution < 1.29 is 9.59 Å². The fourth-order valence-corrected chi connectivity index (χ4v) is 6.46. The summed E-state index contributed by atoms with van der Waals surface area (Å²) in [5.41, 5.74) is 3.47. The fraction of sp³-hybridized carbons (Fsp3) is 0.522. The van der Waals surface area contributed by atoms with Crippen LogP contribution in [0.2, 0.25) is 0 Å². The molecule has 1 heterocycles. The van der Waals surface area contributed by atoms with Crippen molar-refractivity contribution in [1.29, 1.82) is 0 Å². The summed E-state index contributed by atoms with van der Waals surface area (Å²) < 4.78 is 1.88. The highest BCUT2D eigenvalue weighted by molar-refractivity contribution is 9.11. The van der Waals surface area contributed by atoms with Gasteiger partial charge in [0.2, 0.25) is 0 Å². The van der Waals surface area contributed by atoms with Gasteiger partial charge in [0, 0.05) is 44.7 Å². The average molecular weight is 507 g/mol. The number of fused-ring (bicyclic) bond motifs is 1. The molecular weight excluding hydrogens is 482 g/mol. The first kappa shape index (κ1) is 20.2. The van der Waals surface area contributed by atoms with Crippen molar-refractivity contribution >= 4 is 49.1 Å². The molecule has 148 valence electrons. The predicted molar refractivity (Wildman–Crippen MR) is 119 cm³/mol. The number of hydrogen-bond acceptors (Lipinski definition) is 3. The number of rotatable bonds is 1. The molecule has 1 saturated carbocycles. The third kappa shape index (κ3) is 3.60. The van der Waals surface area contributed by atoms with Gasteiger partial charge in [0.05, 0.1) is 5.92 Å². The molecule has 1 fully saturated rings. The van der Waals surface area contributed by atoms with Crippen molar-refractivity contribution in [3.05, 3.63) is 44.0 Å². The Morgan fingerprint density at radius 2 is 1.46 bits per heavy atom. The van der Waals surface area contributed by atoms with Crippen molar-refractivity contribution in [3.8, 4) is 0 Å². The number of benzene rings is 1. The van der Waals surface area contributed by atoms with Gasteiger partial charge >= 0.3 is 0 Å². The normalized spacial score (nSPS) is 28.6. The van der Waals surface area contributed by atoms with Crippen molar-refractivity contribution in [3.63, 3.8) is 0 Å². The standard InChI is InChI=1S/C23H25Br2NO2/c1-22(2)8-15-20(17(27)10-22)19(12-5-13(24)7-14(25)6-12)21-16(26-15)9-23(3,4)11-18(21)28/h5-7,19-20H,8-11H2,1-4H3. The van der Waals surface area contributed by atoms with Gasteiger partial charge in [-0.25, -0.2) is 0 Å². The summed E-state index contributed by atoms with van der Waals surface area (Å²) in [4.78, 5) is 31.5. The number of hydrogen-bond donors (Lipinski definition) is 0. The molecule has 5 heteroatoms. The van der Waals surface area contributed by atoms with Crippen molar-refractivity contribution in [1.82, 2.24) is 0 Å². The summed E-state index contributed by atoms with van der Waals surface area (Å²) in [5.74, 6) is -0.199. The van der Waals surface area contributed by atoms with Crippen LogP contribution in [0.15, 0.2) is 43.4 Å². The van der Waals surface area contributed by atoms with E-state index in [1.54, 1.807) is 0 Å². The summed E-state index contributed by atoms with van der Waals surface area (Å²) in [6, 6.07) is 6.07. The lowest BCUT2D eigenvalue weighted by Crippen LogP contribution is -2.45. The SMILES string of the molecule is CC1(C)CC(=O)C2C(=NC3=C(C(=O)CC(C)(C)C3)C2c2cc(Br)cc(Br)c2)C1. The second-order valence-corrected chi connectivity index (χ2v) is 11.9.